The summed E-state index contributed by atoms with van der Waals surface area (Å²) in [6.45, 7) is 0. The number of carboxylic acids is 1. The van der Waals surface area contributed by atoms with E-state index in [4.69, 9.17) is 0 Å². The summed E-state index contributed by atoms with van der Waals surface area (Å²) in [6, 6.07) is 0. The van der Waals surface area contributed by atoms with Crippen LogP contribution in [0.15, 0.2) is 11.6 Å². The van der Waals surface area contributed by atoms with Crippen molar-refractivity contribution in [3.05, 3.63) is 11.6 Å². The summed E-state index contributed by atoms with van der Waals surface area (Å²) < 4.78 is 0. The molecule has 2 saturated carbocycles. The summed E-state index contributed by atoms with van der Waals surface area (Å²) in [6.07, 6.45) is 11.6. The van der Waals surface area contributed by atoms with E-state index in [0.717, 1.165) is 18.4 Å². The minimum absolute atomic E-state index is 0.350. The fourth-order valence-corrected chi connectivity index (χ4v) is 3.00. The Morgan fingerprint density at radius 3 is 2.07 bits per heavy atom. The monoisotopic (exact) mass is 208 g/mol. The molecule has 2 nitrogen and oxygen atoms in total. The maximum atomic E-state index is 11.2. The highest BCUT2D eigenvalue weighted by Crippen LogP contribution is 2.34. The predicted molar refractivity (Wildman–Crippen MR) is 59.6 cm³/mol. The van der Waals surface area contributed by atoms with Gasteiger partial charge in [-0.3, -0.25) is 0 Å². The van der Waals surface area contributed by atoms with Gasteiger partial charge in [0.15, 0.2) is 0 Å². The molecule has 0 aromatic carbocycles. The number of hydrogen-bond acceptors (Lipinski definition) is 1. The molecule has 0 unspecified atom stereocenters. The fraction of sp³-hybridized carbons (Fsp3) is 0.769. The topological polar surface area (TPSA) is 37.3 Å². The van der Waals surface area contributed by atoms with Gasteiger partial charge in [-0.1, -0.05) is 31.8 Å². The minimum atomic E-state index is -0.672. The lowest BCUT2D eigenvalue weighted by molar-refractivity contribution is -0.133. The van der Waals surface area contributed by atoms with Crippen molar-refractivity contribution in [2.45, 2.75) is 51.4 Å². The normalized spacial score (nSPS) is 24.9. The number of rotatable bonds is 3. The fourth-order valence-electron chi connectivity index (χ4n) is 3.00. The number of carboxylic acid groups (broad SMARTS) is 1. The van der Waals surface area contributed by atoms with Crippen LogP contribution in [0.4, 0.5) is 0 Å². The first-order chi connectivity index (χ1) is 7.27. The number of hydrogen-bond donors (Lipinski definition) is 1. The Balaban J connectivity index is 2.06. The standard InChI is InChI=1S/C13H20O2/c14-13(15)12(11-7-3-4-8-11)9-10-5-1-2-6-10/h9-11H,1-8H2,(H,14,15). The van der Waals surface area contributed by atoms with Crippen LogP contribution >= 0.6 is 0 Å². The SMILES string of the molecule is O=C(O)C(=CC1CCCC1)C1CCCC1. The van der Waals surface area contributed by atoms with E-state index >= 15 is 0 Å². The van der Waals surface area contributed by atoms with Gasteiger partial charge in [-0.2, -0.15) is 0 Å². The van der Waals surface area contributed by atoms with Crippen molar-refractivity contribution in [2.24, 2.45) is 11.8 Å². The van der Waals surface area contributed by atoms with Crippen LogP contribution < -0.4 is 0 Å². The van der Waals surface area contributed by atoms with E-state index in [2.05, 4.69) is 6.08 Å². The van der Waals surface area contributed by atoms with E-state index in [1.165, 1.54) is 38.5 Å². The summed E-state index contributed by atoms with van der Waals surface area (Å²) >= 11 is 0. The maximum Gasteiger partial charge on any atom is 0.331 e. The molecule has 2 fully saturated rings. The zero-order valence-corrected chi connectivity index (χ0v) is 9.24. The highest BCUT2D eigenvalue weighted by molar-refractivity contribution is 5.87. The minimum Gasteiger partial charge on any atom is -0.478 e. The van der Waals surface area contributed by atoms with Crippen LogP contribution in [0.2, 0.25) is 0 Å². The van der Waals surface area contributed by atoms with Gasteiger partial charge in [-0.25, -0.2) is 4.79 Å². The summed E-state index contributed by atoms with van der Waals surface area (Å²) in [5.41, 5.74) is 0.722. The van der Waals surface area contributed by atoms with E-state index < -0.39 is 5.97 Å². The van der Waals surface area contributed by atoms with Gasteiger partial charge in [-0.05, 0) is 37.5 Å². The second-order valence-corrected chi connectivity index (χ2v) is 4.95. The van der Waals surface area contributed by atoms with E-state index in [-0.39, 0.29) is 0 Å². The number of aliphatic carboxylic acids is 1. The third kappa shape index (κ3) is 2.61. The van der Waals surface area contributed by atoms with Gasteiger partial charge >= 0.3 is 5.97 Å². The number of carbonyl (C=O) groups is 1. The molecule has 0 radical (unpaired) electrons. The van der Waals surface area contributed by atoms with Crippen molar-refractivity contribution in [1.29, 1.82) is 0 Å². The van der Waals surface area contributed by atoms with Gasteiger partial charge in [0.25, 0.3) is 0 Å². The van der Waals surface area contributed by atoms with Crippen molar-refractivity contribution in [1.82, 2.24) is 0 Å². The molecule has 2 aliphatic carbocycles. The van der Waals surface area contributed by atoms with Gasteiger partial charge < -0.3 is 5.11 Å². The first kappa shape index (κ1) is 10.7. The van der Waals surface area contributed by atoms with Gasteiger partial charge in [0.2, 0.25) is 0 Å². The van der Waals surface area contributed by atoms with Gasteiger partial charge in [0.05, 0.1) is 0 Å². The molecule has 0 aromatic rings. The van der Waals surface area contributed by atoms with Crippen molar-refractivity contribution in [3.63, 3.8) is 0 Å². The largest absolute Gasteiger partial charge is 0.478 e. The Kier molecular flexibility index (Phi) is 3.45. The van der Waals surface area contributed by atoms with E-state index in [9.17, 15) is 9.90 Å². The average Bonchev–Trinajstić information content (AvgIpc) is 2.87. The zero-order valence-electron chi connectivity index (χ0n) is 9.24. The van der Waals surface area contributed by atoms with Crippen LogP contribution in [0.3, 0.4) is 0 Å². The molecule has 0 saturated heterocycles. The third-order valence-corrected chi connectivity index (χ3v) is 3.86. The lowest BCUT2D eigenvalue weighted by Crippen LogP contribution is -2.11. The lowest BCUT2D eigenvalue weighted by atomic mass is 9.93. The van der Waals surface area contributed by atoms with E-state index in [1.54, 1.807) is 0 Å². The average molecular weight is 208 g/mol. The Morgan fingerprint density at radius 1 is 1.00 bits per heavy atom. The molecular formula is C13H20O2. The summed E-state index contributed by atoms with van der Waals surface area (Å²) in [4.78, 5) is 11.2. The van der Waals surface area contributed by atoms with Crippen LogP contribution in [-0.4, -0.2) is 11.1 Å². The molecule has 0 aromatic heterocycles. The van der Waals surface area contributed by atoms with Gasteiger partial charge in [0.1, 0.15) is 0 Å². The second kappa shape index (κ2) is 4.82. The van der Waals surface area contributed by atoms with Crippen LogP contribution in [0.1, 0.15) is 51.4 Å². The Hall–Kier alpha value is -0.790. The first-order valence-electron chi connectivity index (χ1n) is 6.22. The van der Waals surface area contributed by atoms with Crippen molar-refractivity contribution < 1.29 is 9.90 Å². The van der Waals surface area contributed by atoms with Crippen LogP contribution in [0.5, 0.6) is 0 Å². The second-order valence-electron chi connectivity index (χ2n) is 4.95. The summed E-state index contributed by atoms with van der Waals surface area (Å²) in [5.74, 6) is 0.230. The molecule has 1 N–H and O–H groups in total. The molecule has 0 aliphatic heterocycles. The summed E-state index contributed by atoms with van der Waals surface area (Å²) in [5, 5.41) is 9.23. The highest BCUT2D eigenvalue weighted by atomic mass is 16.4. The Bertz CT molecular complexity index is 256. The molecule has 2 rings (SSSR count). The number of allylic oxidation sites excluding steroid dienone is 1. The molecule has 0 spiro atoms. The van der Waals surface area contributed by atoms with Crippen molar-refractivity contribution in [2.75, 3.05) is 0 Å². The quantitative estimate of drug-likeness (QED) is 0.722. The zero-order chi connectivity index (χ0) is 10.7. The Morgan fingerprint density at radius 2 is 1.53 bits per heavy atom. The maximum absolute atomic E-state index is 11.2. The third-order valence-electron chi connectivity index (χ3n) is 3.86. The molecule has 2 heteroatoms. The van der Waals surface area contributed by atoms with E-state index in [1.807, 2.05) is 0 Å². The lowest BCUT2D eigenvalue weighted by Gasteiger charge is -2.12. The summed E-state index contributed by atoms with van der Waals surface area (Å²) in [7, 11) is 0. The van der Waals surface area contributed by atoms with E-state index in [0.29, 0.717) is 11.8 Å². The van der Waals surface area contributed by atoms with Gasteiger partial charge in [-0.15, -0.1) is 0 Å². The first-order valence-corrected chi connectivity index (χ1v) is 6.22. The van der Waals surface area contributed by atoms with Crippen molar-refractivity contribution >= 4 is 5.97 Å². The molecule has 0 atom stereocenters. The molecule has 0 bridgehead atoms. The van der Waals surface area contributed by atoms with Crippen molar-refractivity contribution in [3.8, 4) is 0 Å². The van der Waals surface area contributed by atoms with Crippen LogP contribution in [0, 0.1) is 11.8 Å². The van der Waals surface area contributed by atoms with Crippen LogP contribution in [0.25, 0.3) is 0 Å². The van der Waals surface area contributed by atoms with Crippen LogP contribution in [-0.2, 0) is 4.79 Å². The molecule has 84 valence electrons. The Labute approximate surface area is 91.4 Å². The highest BCUT2D eigenvalue weighted by Gasteiger charge is 2.25. The molecule has 0 amide bonds. The smallest absolute Gasteiger partial charge is 0.331 e. The molecule has 15 heavy (non-hydrogen) atoms. The van der Waals surface area contributed by atoms with Gasteiger partial charge in [0, 0.05) is 5.57 Å². The predicted octanol–water partition coefficient (Wildman–Crippen LogP) is 3.38. The molecular weight excluding hydrogens is 188 g/mol. The molecule has 2 aliphatic rings. The molecule has 0 heterocycles.